The zero-order valence-corrected chi connectivity index (χ0v) is 12.1. The van der Waals surface area contributed by atoms with Crippen LogP contribution in [0, 0.1) is 0 Å². The van der Waals surface area contributed by atoms with Gasteiger partial charge in [0.2, 0.25) is 0 Å². The Hall–Kier alpha value is -1.36. The quantitative estimate of drug-likeness (QED) is 0.802. The minimum atomic E-state index is -0.110. The first-order valence-electron chi connectivity index (χ1n) is 6.06. The van der Waals surface area contributed by atoms with Gasteiger partial charge in [-0.05, 0) is 18.2 Å². The summed E-state index contributed by atoms with van der Waals surface area (Å²) in [7, 11) is 1.95. The number of thiophene rings is 1. The third kappa shape index (κ3) is 2.39. The number of nitrogens with zero attached hydrogens (tertiary/aromatic N) is 2. The molecule has 2 heterocycles. The van der Waals surface area contributed by atoms with E-state index in [9.17, 15) is 0 Å². The SMILES string of the molecule is Cn1nc(C(N)Cc2ccc(Cl)s2)c2ccccc21. The van der Waals surface area contributed by atoms with Gasteiger partial charge in [-0.3, -0.25) is 4.68 Å². The van der Waals surface area contributed by atoms with Crippen LogP contribution >= 0.6 is 22.9 Å². The second kappa shape index (κ2) is 4.96. The van der Waals surface area contributed by atoms with Crippen molar-refractivity contribution in [1.29, 1.82) is 0 Å². The standard InChI is InChI=1S/C14H14ClN3S/c1-18-12-5-3-2-4-10(12)14(17-18)11(16)8-9-6-7-13(15)19-9/h2-7,11H,8,16H2,1H3. The van der Waals surface area contributed by atoms with Crippen molar-refractivity contribution >= 4 is 33.8 Å². The van der Waals surface area contributed by atoms with Gasteiger partial charge in [0.15, 0.2) is 0 Å². The molecule has 0 aliphatic rings. The average Bonchev–Trinajstić information content (AvgIpc) is 2.95. The number of rotatable bonds is 3. The van der Waals surface area contributed by atoms with Crippen molar-refractivity contribution in [1.82, 2.24) is 9.78 Å². The van der Waals surface area contributed by atoms with E-state index in [0.717, 1.165) is 27.4 Å². The number of aromatic nitrogens is 2. The predicted molar refractivity (Wildman–Crippen MR) is 80.7 cm³/mol. The molecule has 0 aliphatic heterocycles. The lowest BCUT2D eigenvalue weighted by Gasteiger charge is -2.07. The van der Waals surface area contributed by atoms with Crippen LogP contribution in [0.3, 0.4) is 0 Å². The summed E-state index contributed by atoms with van der Waals surface area (Å²) in [6, 6.07) is 12.0. The Balaban J connectivity index is 1.95. The number of para-hydroxylation sites is 1. The Labute approximate surface area is 120 Å². The molecule has 1 atom stereocenters. The van der Waals surface area contributed by atoms with Gasteiger partial charge in [-0.1, -0.05) is 29.8 Å². The summed E-state index contributed by atoms with van der Waals surface area (Å²) < 4.78 is 2.68. The normalized spacial score (nSPS) is 13.0. The lowest BCUT2D eigenvalue weighted by atomic mass is 10.1. The van der Waals surface area contributed by atoms with E-state index in [2.05, 4.69) is 17.2 Å². The van der Waals surface area contributed by atoms with Crippen molar-refractivity contribution in [3.05, 3.63) is 51.3 Å². The van der Waals surface area contributed by atoms with Crippen LogP contribution in [-0.2, 0) is 13.5 Å². The molecule has 0 amide bonds. The summed E-state index contributed by atoms with van der Waals surface area (Å²) in [5.74, 6) is 0. The molecule has 0 saturated carbocycles. The van der Waals surface area contributed by atoms with Gasteiger partial charge in [0.05, 0.1) is 21.6 Å². The maximum atomic E-state index is 6.30. The summed E-state index contributed by atoms with van der Waals surface area (Å²) in [5, 5.41) is 5.68. The molecule has 1 aromatic carbocycles. The van der Waals surface area contributed by atoms with Gasteiger partial charge in [0, 0.05) is 23.7 Å². The van der Waals surface area contributed by atoms with Crippen LogP contribution in [0.1, 0.15) is 16.6 Å². The molecule has 3 nitrogen and oxygen atoms in total. The third-order valence-electron chi connectivity index (χ3n) is 3.19. The minimum Gasteiger partial charge on any atom is -0.322 e. The Bertz CT molecular complexity index is 716. The Morgan fingerprint density at radius 1 is 1.32 bits per heavy atom. The summed E-state index contributed by atoms with van der Waals surface area (Å²) in [6.07, 6.45) is 0.762. The molecule has 0 spiro atoms. The first-order valence-corrected chi connectivity index (χ1v) is 7.26. The number of hydrogen-bond acceptors (Lipinski definition) is 3. The number of halogens is 1. The van der Waals surface area contributed by atoms with Crippen molar-refractivity contribution in [2.45, 2.75) is 12.5 Å². The van der Waals surface area contributed by atoms with E-state index in [0.29, 0.717) is 0 Å². The van der Waals surface area contributed by atoms with Gasteiger partial charge in [0.1, 0.15) is 0 Å². The second-order valence-corrected chi connectivity index (χ2v) is 6.34. The van der Waals surface area contributed by atoms with E-state index in [1.165, 1.54) is 4.88 Å². The first kappa shape index (κ1) is 12.7. The summed E-state index contributed by atoms with van der Waals surface area (Å²) in [4.78, 5) is 1.19. The lowest BCUT2D eigenvalue weighted by molar-refractivity contribution is 0.670. The van der Waals surface area contributed by atoms with Crippen LogP contribution in [0.5, 0.6) is 0 Å². The van der Waals surface area contributed by atoms with Gasteiger partial charge in [-0.2, -0.15) is 5.10 Å². The van der Waals surface area contributed by atoms with Gasteiger partial charge in [-0.25, -0.2) is 0 Å². The van der Waals surface area contributed by atoms with Crippen molar-refractivity contribution in [3.8, 4) is 0 Å². The van der Waals surface area contributed by atoms with Crippen LogP contribution in [0.2, 0.25) is 4.34 Å². The molecule has 0 bridgehead atoms. The fraction of sp³-hybridized carbons (Fsp3) is 0.214. The molecule has 98 valence electrons. The Kier molecular flexibility index (Phi) is 3.31. The smallest absolute Gasteiger partial charge is 0.0931 e. The fourth-order valence-corrected chi connectivity index (χ4v) is 3.44. The second-order valence-electron chi connectivity index (χ2n) is 4.54. The molecule has 1 unspecified atom stereocenters. The monoisotopic (exact) mass is 291 g/mol. The highest BCUT2D eigenvalue weighted by Gasteiger charge is 2.16. The van der Waals surface area contributed by atoms with Crippen LogP contribution in [0.15, 0.2) is 36.4 Å². The van der Waals surface area contributed by atoms with Crippen LogP contribution in [0.4, 0.5) is 0 Å². The number of hydrogen-bond donors (Lipinski definition) is 1. The molecule has 0 saturated heterocycles. The zero-order chi connectivity index (χ0) is 13.4. The highest BCUT2D eigenvalue weighted by atomic mass is 35.5. The summed E-state index contributed by atoms with van der Waals surface area (Å²) >= 11 is 7.52. The van der Waals surface area contributed by atoms with Crippen molar-refractivity contribution in [2.24, 2.45) is 12.8 Å². The summed E-state index contributed by atoms with van der Waals surface area (Å²) in [6.45, 7) is 0. The van der Waals surface area contributed by atoms with Gasteiger partial charge in [-0.15, -0.1) is 11.3 Å². The van der Waals surface area contributed by atoms with E-state index in [-0.39, 0.29) is 6.04 Å². The molecule has 5 heteroatoms. The van der Waals surface area contributed by atoms with Crippen LogP contribution in [-0.4, -0.2) is 9.78 Å². The molecule has 0 radical (unpaired) electrons. The third-order valence-corrected chi connectivity index (χ3v) is 4.44. The van der Waals surface area contributed by atoms with E-state index < -0.39 is 0 Å². The fourth-order valence-electron chi connectivity index (χ4n) is 2.29. The number of aryl methyl sites for hydroxylation is 1. The van der Waals surface area contributed by atoms with Crippen molar-refractivity contribution in [2.75, 3.05) is 0 Å². The van der Waals surface area contributed by atoms with Crippen LogP contribution < -0.4 is 5.73 Å². The molecule has 19 heavy (non-hydrogen) atoms. The molecule has 2 aromatic heterocycles. The number of nitrogens with two attached hydrogens (primary N) is 1. The lowest BCUT2D eigenvalue weighted by Crippen LogP contribution is -2.14. The Morgan fingerprint density at radius 2 is 2.11 bits per heavy atom. The molecule has 3 aromatic rings. The number of fused-ring (bicyclic) bond motifs is 1. The topological polar surface area (TPSA) is 43.8 Å². The van der Waals surface area contributed by atoms with Crippen molar-refractivity contribution < 1.29 is 0 Å². The highest BCUT2D eigenvalue weighted by Crippen LogP contribution is 2.28. The van der Waals surface area contributed by atoms with Gasteiger partial charge >= 0.3 is 0 Å². The Morgan fingerprint density at radius 3 is 2.84 bits per heavy atom. The largest absolute Gasteiger partial charge is 0.322 e. The van der Waals surface area contributed by atoms with Crippen LogP contribution in [0.25, 0.3) is 10.9 Å². The van der Waals surface area contributed by atoms with E-state index >= 15 is 0 Å². The maximum Gasteiger partial charge on any atom is 0.0931 e. The molecule has 0 aliphatic carbocycles. The number of benzene rings is 1. The highest BCUT2D eigenvalue weighted by molar-refractivity contribution is 7.16. The molecular weight excluding hydrogens is 278 g/mol. The molecule has 2 N–H and O–H groups in total. The first-order chi connectivity index (χ1) is 9.15. The minimum absolute atomic E-state index is 0.110. The zero-order valence-electron chi connectivity index (χ0n) is 10.5. The molecule has 3 rings (SSSR count). The van der Waals surface area contributed by atoms with E-state index in [1.54, 1.807) is 11.3 Å². The van der Waals surface area contributed by atoms with Gasteiger partial charge < -0.3 is 5.73 Å². The van der Waals surface area contributed by atoms with Gasteiger partial charge in [0.25, 0.3) is 0 Å². The summed E-state index contributed by atoms with van der Waals surface area (Å²) in [5.41, 5.74) is 8.36. The molecule has 0 fully saturated rings. The van der Waals surface area contributed by atoms with Crippen molar-refractivity contribution in [3.63, 3.8) is 0 Å². The maximum absolute atomic E-state index is 6.30. The molecular formula is C14H14ClN3S. The van der Waals surface area contributed by atoms with E-state index in [1.807, 2.05) is 36.0 Å². The average molecular weight is 292 g/mol. The van der Waals surface area contributed by atoms with E-state index in [4.69, 9.17) is 17.3 Å². The predicted octanol–water partition coefficient (Wildman–Crippen LogP) is 3.53.